The quantitative estimate of drug-likeness (QED) is 0.697. The number of carbonyl (C=O) groups is 1. The Morgan fingerprint density at radius 3 is 2.39 bits per heavy atom. The van der Waals surface area contributed by atoms with Crippen molar-refractivity contribution in [1.29, 1.82) is 0 Å². The smallest absolute Gasteiger partial charge is 0.250 e. The van der Waals surface area contributed by atoms with Crippen LogP contribution in [0.25, 0.3) is 11.3 Å². The van der Waals surface area contributed by atoms with Gasteiger partial charge in [-0.05, 0) is 38.5 Å². The van der Waals surface area contributed by atoms with E-state index in [4.69, 9.17) is 15.2 Å². The number of aromatic nitrogens is 1. The molecule has 3 aromatic rings. The molecule has 0 atom stereocenters. The summed E-state index contributed by atoms with van der Waals surface area (Å²) < 4.78 is 13.1. The second-order valence-corrected chi connectivity index (χ2v) is 6.95. The van der Waals surface area contributed by atoms with Crippen molar-refractivity contribution < 1.29 is 14.3 Å². The first kappa shape index (κ1) is 19.5. The molecule has 0 saturated heterocycles. The molecule has 0 fully saturated rings. The van der Waals surface area contributed by atoms with Crippen molar-refractivity contribution >= 4 is 5.91 Å². The molecule has 0 radical (unpaired) electrons. The van der Waals surface area contributed by atoms with E-state index in [0.29, 0.717) is 23.6 Å². The Bertz CT molecular complexity index is 1030. The number of nitrogens with zero attached hydrogens (tertiary/aromatic N) is 1. The molecular weight excluding hydrogens is 352 g/mol. The molecule has 0 aliphatic rings. The van der Waals surface area contributed by atoms with E-state index >= 15 is 0 Å². The topological polar surface area (TPSA) is 66.5 Å². The van der Waals surface area contributed by atoms with Gasteiger partial charge in [0.2, 0.25) is 0 Å². The highest BCUT2D eigenvalue weighted by Crippen LogP contribution is 2.34. The molecule has 3 rings (SSSR count). The van der Waals surface area contributed by atoms with Crippen LogP contribution in [-0.4, -0.2) is 24.7 Å². The van der Waals surface area contributed by atoms with E-state index in [2.05, 4.69) is 36.6 Å². The van der Waals surface area contributed by atoms with Gasteiger partial charge in [0.25, 0.3) is 5.91 Å². The molecule has 0 spiro atoms. The molecule has 2 aromatic carbocycles. The Labute approximate surface area is 165 Å². The van der Waals surface area contributed by atoms with Gasteiger partial charge in [0.05, 0.1) is 26.3 Å². The van der Waals surface area contributed by atoms with Crippen molar-refractivity contribution in [3.63, 3.8) is 0 Å². The summed E-state index contributed by atoms with van der Waals surface area (Å²) in [6.07, 6.45) is 0. The number of carbonyl (C=O) groups excluding carboxylic acids is 1. The van der Waals surface area contributed by atoms with E-state index in [1.165, 1.54) is 5.56 Å². The average molecular weight is 378 g/mol. The fourth-order valence-corrected chi connectivity index (χ4v) is 3.67. The van der Waals surface area contributed by atoms with Gasteiger partial charge in [0.1, 0.15) is 0 Å². The van der Waals surface area contributed by atoms with Gasteiger partial charge < -0.3 is 19.8 Å². The first-order valence-electron chi connectivity index (χ1n) is 9.14. The third-order valence-electron chi connectivity index (χ3n) is 5.10. The van der Waals surface area contributed by atoms with Gasteiger partial charge in [0.15, 0.2) is 11.5 Å². The number of ether oxygens (including phenoxy) is 2. The monoisotopic (exact) mass is 378 g/mol. The average Bonchev–Trinajstić information content (AvgIpc) is 2.98. The second kappa shape index (κ2) is 7.80. The number of rotatable bonds is 6. The molecule has 0 saturated carbocycles. The summed E-state index contributed by atoms with van der Waals surface area (Å²) in [5.74, 6) is 0.929. The second-order valence-electron chi connectivity index (χ2n) is 6.95. The Kier molecular flexibility index (Phi) is 5.45. The number of amides is 1. The van der Waals surface area contributed by atoms with E-state index in [-0.39, 0.29) is 0 Å². The van der Waals surface area contributed by atoms with Crippen molar-refractivity contribution in [1.82, 2.24) is 4.57 Å². The third kappa shape index (κ3) is 3.48. The van der Waals surface area contributed by atoms with Crippen LogP contribution in [0.2, 0.25) is 0 Å². The minimum absolute atomic E-state index is 0.431. The lowest BCUT2D eigenvalue weighted by Crippen LogP contribution is -2.13. The van der Waals surface area contributed by atoms with E-state index in [0.717, 1.165) is 28.1 Å². The number of primary amides is 1. The lowest BCUT2D eigenvalue weighted by molar-refractivity contribution is 0.0999. The molecule has 5 heteroatoms. The van der Waals surface area contributed by atoms with Crippen molar-refractivity contribution in [3.8, 4) is 22.8 Å². The van der Waals surface area contributed by atoms with Crippen LogP contribution in [0.5, 0.6) is 11.5 Å². The standard InChI is InChI=1S/C23H26N2O3/c1-14-9-10-18(15(2)11-14)20-12-19(23(24)26)16(3)25(20)13-17-7-6-8-21(27-4)22(17)28-5/h6-12H,13H2,1-5H3,(H2,24,26). The van der Waals surface area contributed by atoms with E-state index in [1.54, 1.807) is 14.2 Å². The summed E-state index contributed by atoms with van der Waals surface area (Å²) >= 11 is 0. The number of aryl methyl sites for hydroxylation is 2. The van der Waals surface area contributed by atoms with Crippen molar-refractivity contribution in [2.75, 3.05) is 14.2 Å². The van der Waals surface area contributed by atoms with Crippen molar-refractivity contribution in [2.24, 2.45) is 5.73 Å². The van der Waals surface area contributed by atoms with Gasteiger partial charge >= 0.3 is 0 Å². The number of para-hydroxylation sites is 1. The number of hydrogen-bond donors (Lipinski definition) is 1. The zero-order valence-electron chi connectivity index (χ0n) is 17.0. The van der Waals surface area contributed by atoms with Crippen LogP contribution in [0.15, 0.2) is 42.5 Å². The van der Waals surface area contributed by atoms with Crippen LogP contribution < -0.4 is 15.2 Å². The van der Waals surface area contributed by atoms with Crippen LogP contribution in [-0.2, 0) is 6.54 Å². The molecule has 146 valence electrons. The highest BCUT2D eigenvalue weighted by atomic mass is 16.5. The lowest BCUT2D eigenvalue weighted by atomic mass is 10.0. The molecular formula is C23H26N2O3. The van der Waals surface area contributed by atoms with Crippen LogP contribution in [0, 0.1) is 20.8 Å². The Morgan fingerprint density at radius 1 is 1.04 bits per heavy atom. The van der Waals surface area contributed by atoms with E-state index < -0.39 is 5.91 Å². The Hall–Kier alpha value is -3.21. The Morgan fingerprint density at radius 2 is 1.79 bits per heavy atom. The van der Waals surface area contributed by atoms with Crippen LogP contribution >= 0.6 is 0 Å². The van der Waals surface area contributed by atoms with Gasteiger partial charge in [-0.2, -0.15) is 0 Å². The fourth-order valence-electron chi connectivity index (χ4n) is 3.67. The van der Waals surface area contributed by atoms with Gasteiger partial charge in [0, 0.05) is 22.5 Å². The molecule has 0 aliphatic carbocycles. The number of hydrogen-bond acceptors (Lipinski definition) is 3. The van der Waals surface area contributed by atoms with Crippen LogP contribution in [0.3, 0.4) is 0 Å². The zero-order chi connectivity index (χ0) is 20.4. The van der Waals surface area contributed by atoms with Crippen LogP contribution in [0.4, 0.5) is 0 Å². The number of methoxy groups -OCH3 is 2. The van der Waals surface area contributed by atoms with Gasteiger partial charge in [-0.1, -0.05) is 35.9 Å². The highest BCUT2D eigenvalue weighted by Gasteiger charge is 2.20. The summed E-state index contributed by atoms with van der Waals surface area (Å²) in [6, 6.07) is 14.0. The third-order valence-corrected chi connectivity index (χ3v) is 5.10. The summed E-state index contributed by atoms with van der Waals surface area (Å²) in [5.41, 5.74) is 12.3. The van der Waals surface area contributed by atoms with Crippen molar-refractivity contribution in [2.45, 2.75) is 27.3 Å². The van der Waals surface area contributed by atoms with E-state index in [1.807, 2.05) is 31.2 Å². The molecule has 1 amide bonds. The Balaban J connectivity index is 2.19. The maximum Gasteiger partial charge on any atom is 0.250 e. The molecule has 0 aliphatic heterocycles. The largest absolute Gasteiger partial charge is 0.493 e. The lowest BCUT2D eigenvalue weighted by Gasteiger charge is -2.17. The fraction of sp³-hybridized carbons (Fsp3) is 0.261. The molecule has 5 nitrogen and oxygen atoms in total. The summed E-state index contributed by atoms with van der Waals surface area (Å²) in [6.45, 7) is 6.59. The van der Waals surface area contributed by atoms with Gasteiger partial charge in [-0.25, -0.2) is 0 Å². The molecule has 0 unspecified atom stereocenters. The predicted molar refractivity (Wildman–Crippen MR) is 111 cm³/mol. The number of nitrogens with two attached hydrogens (primary N) is 1. The normalized spacial score (nSPS) is 10.8. The van der Waals surface area contributed by atoms with E-state index in [9.17, 15) is 4.79 Å². The number of benzene rings is 2. The first-order chi connectivity index (χ1) is 13.4. The summed E-state index contributed by atoms with van der Waals surface area (Å²) in [7, 11) is 3.25. The summed E-state index contributed by atoms with van der Waals surface area (Å²) in [5, 5.41) is 0. The molecule has 28 heavy (non-hydrogen) atoms. The molecule has 2 N–H and O–H groups in total. The highest BCUT2D eigenvalue weighted by molar-refractivity contribution is 5.95. The summed E-state index contributed by atoms with van der Waals surface area (Å²) in [4.78, 5) is 12.0. The molecule has 1 heterocycles. The van der Waals surface area contributed by atoms with Crippen molar-refractivity contribution in [3.05, 3.63) is 70.4 Å². The zero-order valence-corrected chi connectivity index (χ0v) is 17.0. The SMILES string of the molecule is COc1cccc(Cn2c(-c3ccc(C)cc3C)cc(C(N)=O)c2C)c1OC. The predicted octanol–water partition coefficient (Wildman–Crippen LogP) is 4.24. The molecule has 0 bridgehead atoms. The van der Waals surface area contributed by atoms with Gasteiger partial charge in [-0.3, -0.25) is 4.79 Å². The van der Waals surface area contributed by atoms with Gasteiger partial charge in [-0.15, -0.1) is 0 Å². The maximum absolute atomic E-state index is 12.0. The minimum atomic E-state index is -0.431. The maximum atomic E-state index is 12.0. The van der Waals surface area contributed by atoms with Crippen LogP contribution in [0.1, 0.15) is 32.7 Å². The minimum Gasteiger partial charge on any atom is -0.493 e. The first-order valence-corrected chi connectivity index (χ1v) is 9.14. The molecule has 1 aromatic heterocycles.